The van der Waals surface area contributed by atoms with Crippen molar-refractivity contribution in [3.05, 3.63) is 112 Å². The number of nitrogens with zero attached hydrogens (tertiary/aromatic N) is 10. The topological polar surface area (TPSA) is 265 Å². The van der Waals surface area contributed by atoms with Gasteiger partial charge in [-0.15, -0.1) is 0 Å². The van der Waals surface area contributed by atoms with Crippen LogP contribution in [0.15, 0.2) is 30.3 Å². The van der Waals surface area contributed by atoms with Crippen molar-refractivity contribution in [2.75, 3.05) is 36.2 Å². The second kappa shape index (κ2) is 23.2. The first-order valence-corrected chi connectivity index (χ1v) is 20.5. The molecule has 0 atom stereocenters. The summed E-state index contributed by atoms with van der Waals surface area (Å²) in [6, 6.07) is 7.51. The second-order valence-corrected chi connectivity index (χ2v) is 15.6. The van der Waals surface area contributed by atoms with Crippen LogP contribution in [0.5, 0.6) is 0 Å². The molecule has 0 saturated heterocycles. The molecule has 0 bridgehead atoms. The molecule has 0 amide bonds. The lowest BCUT2D eigenvalue weighted by Gasteiger charge is -2.05. The predicted octanol–water partition coefficient (Wildman–Crippen LogP) is 12.1. The molecule has 330 valence electrons. The highest BCUT2D eigenvalue weighted by Gasteiger charge is 2.21. The van der Waals surface area contributed by atoms with Crippen LogP contribution >= 0.6 is 140 Å². The van der Waals surface area contributed by atoms with Gasteiger partial charge in [0.15, 0.2) is 20.2 Å². The fourth-order valence-electron chi connectivity index (χ4n) is 4.46. The number of H-pyrrole nitrogens is 1. The Balaban J connectivity index is 0.000000207. The number of rotatable bonds is 4. The van der Waals surface area contributed by atoms with E-state index >= 15 is 0 Å². The van der Waals surface area contributed by atoms with Crippen LogP contribution in [0.3, 0.4) is 0 Å². The Morgan fingerprint density at radius 3 is 1.55 bits per heavy atom. The summed E-state index contributed by atoms with van der Waals surface area (Å²) in [5.74, 6) is 0. The van der Waals surface area contributed by atoms with Crippen LogP contribution in [0.25, 0.3) is 22.1 Å². The van der Waals surface area contributed by atoms with Crippen LogP contribution < -0.4 is 22.1 Å². The molecule has 62 heavy (non-hydrogen) atoms. The van der Waals surface area contributed by atoms with Gasteiger partial charge in [0.25, 0.3) is 0 Å². The number of anilines is 4. The normalized spacial score (nSPS) is 10.3. The first kappa shape index (κ1) is 52.4. The van der Waals surface area contributed by atoms with Gasteiger partial charge in [0, 0.05) is 58.5 Å². The fraction of sp³-hybridized carbons (Fsp3) is 0.129. The first-order chi connectivity index (χ1) is 28.9. The van der Waals surface area contributed by atoms with E-state index in [1.54, 1.807) is 41.4 Å². The summed E-state index contributed by atoms with van der Waals surface area (Å²) in [7, 11) is 6.89. The Morgan fingerprint density at radius 2 is 1.03 bits per heavy atom. The van der Waals surface area contributed by atoms with Crippen molar-refractivity contribution in [2.24, 2.45) is 14.1 Å². The molecule has 0 aromatic carbocycles. The Bertz CT molecular complexity index is 2840. The largest absolute Gasteiger partial charge is 0.395 e. The lowest BCUT2D eigenvalue weighted by molar-refractivity contribution is -0.384. The summed E-state index contributed by atoms with van der Waals surface area (Å²) in [5, 5.41) is 28.1. The Labute approximate surface area is 409 Å². The minimum atomic E-state index is -0.707. The van der Waals surface area contributed by atoms with Crippen molar-refractivity contribution in [1.29, 1.82) is 0 Å². The number of hydrogen-bond acceptors (Lipinski definition) is 15. The number of nitrogens with one attached hydrogen (secondary N) is 3. The van der Waals surface area contributed by atoms with Crippen LogP contribution in [-0.2, 0) is 14.1 Å². The van der Waals surface area contributed by atoms with Crippen molar-refractivity contribution in [2.45, 2.75) is 0 Å². The van der Waals surface area contributed by atoms with Gasteiger partial charge in [-0.3, -0.25) is 20.2 Å². The number of fused-ring (bicyclic) bond motifs is 2. The van der Waals surface area contributed by atoms with Crippen molar-refractivity contribution in [3.63, 3.8) is 0 Å². The summed E-state index contributed by atoms with van der Waals surface area (Å²) in [4.78, 5) is 45.0. The third-order valence-electron chi connectivity index (χ3n) is 7.31. The number of pyridine rings is 5. The minimum Gasteiger partial charge on any atom is -0.395 e. The summed E-state index contributed by atoms with van der Waals surface area (Å²) < 4.78 is 4.08. The van der Waals surface area contributed by atoms with Gasteiger partial charge in [0.05, 0.1) is 32.3 Å². The zero-order valence-corrected chi connectivity index (χ0v) is 40.3. The van der Waals surface area contributed by atoms with Crippen molar-refractivity contribution in [1.82, 2.24) is 44.0 Å². The highest BCUT2D eigenvalue weighted by molar-refractivity contribution is 7.71. The SMILES string of the molecule is CNc1cc(Cl)nc(Cl)c1N.CNc1cc(Cl)nc(Cl)c1[N+](=O)[O-].Cn1c(=S)[nH]c2c(Cl)nc(Cl)cc21.Cn1c(Cl)nc2c(Cl)nc(Cl)cc21.Nc1cc(Cl)nc(Cl)c1[N+](=O)[O-]. The Morgan fingerprint density at radius 1 is 0.597 bits per heavy atom. The van der Waals surface area contributed by atoms with Gasteiger partial charge in [0.2, 0.25) is 15.6 Å². The van der Waals surface area contributed by atoms with Crippen LogP contribution in [0.4, 0.5) is 34.1 Å². The van der Waals surface area contributed by atoms with E-state index in [2.05, 4.69) is 45.5 Å². The van der Waals surface area contributed by atoms with E-state index < -0.39 is 15.5 Å². The molecule has 0 fully saturated rings. The number of nitrogens with two attached hydrogens (primary N) is 2. The molecule has 0 aliphatic carbocycles. The van der Waals surface area contributed by atoms with Gasteiger partial charge in [-0.05, 0) is 23.8 Å². The average Bonchev–Trinajstić information content (AvgIpc) is 3.62. The molecule has 0 radical (unpaired) electrons. The lowest BCUT2D eigenvalue weighted by atomic mass is 10.3. The van der Waals surface area contributed by atoms with E-state index in [1.165, 1.54) is 19.2 Å². The van der Waals surface area contributed by atoms with Crippen LogP contribution in [0.1, 0.15) is 0 Å². The Hall–Kier alpha value is -3.90. The van der Waals surface area contributed by atoms with E-state index in [0.717, 1.165) is 16.6 Å². The quantitative estimate of drug-likeness (QED) is 0.0475. The molecule has 0 aliphatic heterocycles. The maximum Gasteiger partial charge on any atom is 0.329 e. The fourth-order valence-corrected chi connectivity index (χ4v) is 7.21. The molecule has 19 nitrogen and oxygen atoms in total. The Kier molecular flexibility index (Phi) is 19.6. The molecule has 0 spiro atoms. The predicted molar refractivity (Wildman–Crippen MR) is 253 cm³/mol. The van der Waals surface area contributed by atoms with Gasteiger partial charge in [0.1, 0.15) is 48.2 Å². The highest BCUT2D eigenvalue weighted by atomic mass is 35.5. The second-order valence-electron chi connectivity index (χ2n) is 11.2. The lowest BCUT2D eigenvalue weighted by Crippen LogP contribution is -1.98. The zero-order chi connectivity index (χ0) is 46.9. The number of imidazole rings is 2. The summed E-state index contributed by atoms with van der Waals surface area (Å²) in [6.07, 6.45) is 0. The summed E-state index contributed by atoms with van der Waals surface area (Å²) in [6.45, 7) is 0. The van der Waals surface area contributed by atoms with E-state index in [1.807, 2.05) is 7.05 Å². The smallest absolute Gasteiger partial charge is 0.329 e. The summed E-state index contributed by atoms with van der Waals surface area (Å²) in [5.41, 5.74) is 14.3. The van der Waals surface area contributed by atoms with Gasteiger partial charge in [-0.1, -0.05) is 116 Å². The molecule has 7 aromatic heterocycles. The molecule has 7 N–H and O–H groups in total. The molecule has 31 heteroatoms. The number of aryl methyl sites for hydroxylation is 2. The molecule has 7 heterocycles. The van der Waals surface area contributed by atoms with E-state index in [0.29, 0.717) is 47.6 Å². The highest BCUT2D eigenvalue weighted by Crippen LogP contribution is 2.33. The van der Waals surface area contributed by atoms with Gasteiger partial charge in [-0.25, -0.2) is 29.9 Å². The summed E-state index contributed by atoms with van der Waals surface area (Å²) >= 11 is 67.2. The van der Waals surface area contributed by atoms with Crippen molar-refractivity contribution >= 4 is 196 Å². The molecular weight excluding hydrogens is 1070 g/mol. The molecule has 7 rings (SSSR count). The van der Waals surface area contributed by atoms with E-state index in [-0.39, 0.29) is 48.0 Å². The van der Waals surface area contributed by atoms with Crippen LogP contribution in [0, 0.1) is 25.0 Å². The van der Waals surface area contributed by atoms with Gasteiger partial charge >= 0.3 is 11.4 Å². The number of aromatic nitrogens is 9. The molecule has 0 saturated carbocycles. The third-order valence-corrected chi connectivity index (χ3v) is 10.3. The monoisotopic (exact) mass is 1090 g/mol. The molecule has 0 aliphatic rings. The van der Waals surface area contributed by atoms with Crippen LogP contribution in [0.2, 0.25) is 56.8 Å². The molecular formula is C31H24Cl11N15O4S. The number of nitrogen functional groups attached to an aromatic ring is 2. The first-order valence-electron chi connectivity index (χ1n) is 15.9. The number of aromatic amines is 1. The maximum absolute atomic E-state index is 10.5. The van der Waals surface area contributed by atoms with Crippen molar-refractivity contribution < 1.29 is 9.85 Å². The van der Waals surface area contributed by atoms with Gasteiger partial charge < -0.3 is 36.2 Å². The average molecular weight is 1090 g/mol. The number of nitro groups is 2. The molecule has 0 unspecified atom stereocenters. The van der Waals surface area contributed by atoms with E-state index in [9.17, 15) is 20.2 Å². The van der Waals surface area contributed by atoms with Crippen LogP contribution in [-0.4, -0.2) is 68.0 Å². The van der Waals surface area contributed by atoms with Gasteiger partial charge in [-0.2, -0.15) is 0 Å². The van der Waals surface area contributed by atoms with E-state index in [4.69, 9.17) is 151 Å². The third kappa shape index (κ3) is 13.6. The zero-order valence-electron chi connectivity index (χ0n) is 31.2. The number of halogens is 11. The molecule has 7 aromatic rings. The number of hydrogen-bond donors (Lipinski definition) is 5. The maximum atomic E-state index is 10.5. The van der Waals surface area contributed by atoms with Crippen molar-refractivity contribution in [3.8, 4) is 0 Å². The minimum absolute atomic E-state index is 0.0306. The standard InChI is InChI=1S/C7H4Cl3N3.C7H5Cl2N3S.C6H5Cl2N3O2.C6H7Cl2N3.C5H3Cl2N3O2/c1-13-3-2-4(8)11-6(9)5(3)12-7(13)10;1-12-3-2-4(8)10-6(9)5(3)11-7(12)13;1-9-3-2-4(7)10-6(8)5(3)11(12)13;1-10-3-2-4(7)11-6(8)5(3)9;6-3-1-2(8)4(10(11)12)5(7)9-3/h2H,1H3;2H,1H3,(H,11,13);2H,1H3,(H,9,10);2H,9H2,1H3,(H,10,11);1H,(H2,8,9).